The summed E-state index contributed by atoms with van der Waals surface area (Å²) in [6, 6.07) is 8.89. The maximum absolute atomic E-state index is 10.7. The van der Waals surface area contributed by atoms with E-state index in [0.29, 0.717) is 12.3 Å². The number of aryl methyl sites for hydroxylation is 1. The van der Waals surface area contributed by atoms with E-state index in [1.165, 1.54) is 6.07 Å². The Bertz CT molecular complexity index is 773. The van der Waals surface area contributed by atoms with Crippen molar-refractivity contribution in [3.8, 4) is 0 Å². The molecule has 2 aromatic heterocycles. The third kappa shape index (κ3) is 2.35. The van der Waals surface area contributed by atoms with Crippen LogP contribution in [0.5, 0.6) is 0 Å². The molecule has 0 atom stereocenters. The molecule has 0 spiro atoms. The average molecular weight is 271 g/mol. The molecular formula is C14H13N3O3. The van der Waals surface area contributed by atoms with Crippen LogP contribution in [-0.4, -0.2) is 21.0 Å². The van der Waals surface area contributed by atoms with Gasteiger partial charge >= 0.3 is 5.97 Å². The Morgan fingerprint density at radius 3 is 3.00 bits per heavy atom. The molecule has 6 nitrogen and oxygen atoms in total. The molecule has 3 aromatic rings. The fourth-order valence-electron chi connectivity index (χ4n) is 2.02. The predicted octanol–water partition coefficient (Wildman–Crippen LogP) is 2.77. The highest BCUT2D eigenvalue weighted by Crippen LogP contribution is 2.18. The second-order valence-corrected chi connectivity index (χ2v) is 4.48. The number of nitrogens with one attached hydrogen (secondary N) is 2. The molecule has 102 valence electrons. The number of nitrogens with zero attached hydrogens (tertiary/aromatic N) is 1. The van der Waals surface area contributed by atoms with E-state index in [-0.39, 0.29) is 5.76 Å². The highest BCUT2D eigenvalue weighted by Gasteiger charge is 2.08. The van der Waals surface area contributed by atoms with Crippen LogP contribution in [0, 0.1) is 6.92 Å². The van der Waals surface area contributed by atoms with E-state index in [9.17, 15) is 4.79 Å². The molecule has 1 aromatic carbocycles. The summed E-state index contributed by atoms with van der Waals surface area (Å²) in [4.78, 5) is 18.2. The van der Waals surface area contributed by atoms with E-state index in [1.54, 1.807) is 6.07 Å². The van der Waals surface area contributed by atoms with Crippen molar-refractivity contribution in [2.75, 3.05) is 5.32 Å². The summed E-state index contributed by atoms with van der Waals surface area (Å²) in [7, 11) is 0. The first-order valence-corrected chi connectivity index (χ1v) is 6.14. The fourth-order valence-corrected chi connectivity index (χ4v) is 2.02. The second-order valence-electron chi connectivity index (χ2n) is 4.48. The molecular weight excluding hydrogens is 258 g/mol. The van der Waals surface area contributed by atoms with Crippen LogP contribution in [0.1, 0.15) is 22.1 Å². The van der Waals surface area contributed by atoms with Crippen LogP contribution in [0.2, 0.25) is 0 Å². The van der Waals surface area contributed by atoms with Gasteiger partial charge in [-0.05, 0) is 37.3 Å². The van der Waals surface area contributed by atoms with Gasteiger partial charge in [-0.3, -0.25) is 0 Å². The Balaban J connectivity index is 1.73. The molecule has 0 aliphatic heterocycles. The van der Waals surface area contributed by atoms with Gasteiger partial charge in [-0.2, -0.15) is 0 Å². The van der Waals surface area contributed by atoms with Gasteiger partial charge in [-0.1, -0.05) is 0 Å². The van der Waals surface area contributed by atoms with Crippen molar-refractivity contribution in [1.29, 1.82) is 0 Å². The van der Waals surface area contributed by atoms with Gasteiger partial charge < -0.3 is 19.8 Å². The van der Waals surface area contributed by atoms with Crippen LogP contribution in [0.3, 0.4) is 0 Å². The summed E-state index contributed by atoms with van der Waals surface area (Å²) in [5.74, 6) is 0.324. The van der Waals surface area contributed by atoms with Crippen LogP contribution >= 0.6 is 0 Å². The van der Waals surface area contributed by atoms with Gasteiger partial charge in [0, 0.05) is 5.69 Å². The van der Waals surface area contributed by atoms with E-state index in [0.717, 1.165) is 22.5 Å². The summed E-state index contributed by atoms with van der Waals surface area (Å²) in [6.07, 6.45) is 0. The Kier molecular flexibility index (Phi) is 2.90. The summed E-state index contributed by atoms with van der Waals surface area (Å²) in [5.41, 5.74) is 2.78. The molecule has 0 bridgehead atoms. The maximum Gasteiger partial charge on any atom is 0.371 e. The summed E-state index contributed by atoms with van der Waals surface area (Å²) in [6.45, 7) is 2.33. The van der Waals surface area contributed by atoms with Gasteiger partial charge in [0.2, 0.25) is 5.76 Å². The minimum absolute atomic E-state index is 0.0542. The smallest absolute Gasteiger partial charge is 0.371 e. The quantitative estimate of drug-likeness (QED) is 0.678. The Morgan fingerprint density at radius 1 is 1.40 bits per heavy atom. The lowest BCUT2D eigenvalue weighted by Gasteiger charge is -2.03. The van der Waals surface area contributed by atoms with Crippen molar-refractivity contribution in [3.05, 3.63) is 47.7 Å². The normalized spacial score (nSPS) is 10.8. The molecule has 0 saturated heterocycles. The molecule has 0 fully saturated rings. The van der Waals surface area contributed by atoms with E-state index in [4.69, 9.17) is 9.52 Å². The van der Waals surface area contributed by atoms with Gasteiger partial charge in [-0.25, -0.2) is 9.78 Å². The standard InChI is InChI=1S/C14H13N3O3/c1-8-16-11-4-2-9(6-12(11)17-8)15-7-10-3-5-13(20-10)14(18)19/h2-6,15H,7H2,1H3,(H,16,17)(H,18,19). The molecule has 0 unspecified atom stereocenters. The first-order chi connectivity index (χ1) is 9.61. The number of furan rings is 1. The summed E-state index contributed by atoms with van der Waals surface area (Å²) in [5, 5.41) is 12.0. The third-order valence-corrected chi connectivity index (χ3v) is 2.94. The Hall–Kier alpha value is -2.76. The first kappa shape index (κ1) is 12.3. The minimum Gasteiger partial charge on any atom is -0.475 e. The number of aromatic carboxylic acids is 1. The van der Waals surface area contributed by atoms with Crippen LogP contribution in [0.25, 0.3) is 11.0 Å². The zero-order chi connectivity index (χ0) is 14.1. The van der Waals surface area contributed by atoms with Crippen molar-refractivity contribution in [1.82, 2.24) is 9.97 Å². The summed E-state index contributed by atoms with van der Waals surface area (Å²) >= 11 is 0. The number of carboxylic acids is 1. The van der Waals surface area contributed by atoms with Crippen LogP contribution in [0.15, 0.2) is 34.7 Å². The molecule has 20 heavy (non-hydrogen) atoms. The summed E-state index contributed by atoms with van der Waals surface area (Å²) < 4.78 is 5.18. The van der Waals surface area contributed by atoms with Crippen molar-refractivity contribution < 1.29 is 14.3 Å². The topological polar surface area (TPSA) is 91.2 Å². The molecule has 0 saturated carbocycles. The van der Waals surface area contributed by atoms with Gasteiger partial charge in [0.05, 0.1) is 17.6 Å². The van der Waals surface area contributed by atoms with Gasteiger partial charge in [0.15, 0.2) is 0 Å². The lowest BCUT2D eigenvalue weighted by molar-refractivity contribution is 0.0660. The van der Waals surface area contributed by atoms with E-state index in [2.05, 4.69) is 15.3 Å². The molecule has 0 aliphatic carbocycles. The van der Waals surface area contributed by atoms with Crippen LogP contribution < -0.4 is 5.32 Å². The number of imidazole rings is 1. The van der Waals surface area contributed by atoms with Gasteiger partial charge in [0.25, 0.3) is 0 Å². The average Bonchev–Trinajstić information content (AvgIpc) is 3.00. The number of fused-ring (bicyclic) bond motifs is 1. The minimum atomic E-state index is -1.06. The van der Waals surface area contributed by atoms with Crippen molar-refractivity contribution >= 4 is 22.7 Å². The van der Waals surface area contributed by atoms with Gasteiger partial charge in [0.1, 0.15) is 11.6 Å². The van der Waals surface area contributed by atoms with Crippen LogP contribution in [-0.2, 0) is 6.54 Å². The van der Waals surface area contributed by atoms with Crippen molar-refractivity contribution in [3.63, 3.8) is 0 Å². The zero-order valence-electron chi connectivity index (χ0n) is 10.8. The fraction of sp³-hybridized carbons (Fsp3) is 0.143. The molecule has 0 radical (unpaired) electrons. The van der Waals surface area contributed by atoms with Gasteiger partial charge in [-0.15, -0.1) is 0 Å². The molecule has 3 N–H and O–H groups in total. The number of H-pyrrole nitrogens is 1. The van der Waals surface area contributed by atoms with E-state index >= 15 is 0 Å². The predicted molar refractivity (Wildman–Crippen MR) is 73.8 cm³/mol. The number of aromatic amines is 1. The van der Waals surface area contributed by atoms with Crippen molar-refractivity contribution in [2.24, 2.45) is 0 Å². The van der Waals surface area contributed by atoms with E-state index < -0.39 is 5.97 Å². The maximum atomic E-state index is 10.7. The monoisotopic (exact) mass is 271 g/mol. The molecule has 0 aliphatic rings. The number of rotatable bonds is 4. The Labute approximate surface area is 114 Å². The number of aromatic nitrogens is 2. The SMILES string of the molecule is Cc1nc2ccc(NCc3ccc(C(=O)O)o3)cc2[nH]1. The highest BCUT2D eigenvalue weighted by molar-refractivity contribution is 5.84. The number of hydrogen-bond donors (Lipinski definition) is 3. The third-order valence-electron chi connectivity index (χ3n) is 2.94. The largest absolute Gasteiger partial charge is 0.475 e. The number of hydrogen-bond acceptors (Lipinski definition) is 4. The lowest BCUT2D eigenvalue weighted by atomic mass is 10.2. The van der Waals surface area contributed by atoms with E-state index in [1.807, 2.05) is 25.1 Å². The first-order valence-electron chi connectivity index (χ1n) is 6.14. The molecule has 3 rings (SSSR count). The highest BCUT2D eigenvalue weighted by atomic mass is 16.4. The second kappa shape index (κ2) is 4.73. The molecule has 6 heteroatoms. The number of carboxylic acid groups (broad SMARTS) is 1. The Morgan fingerprint density at radius 2 is 2.25 bits per heavy atom. The van der Waals surface area contributed by atoms with Crippen LogP contribution in [0.4, 0.5) is 5.69 Å². The zero-order valence-corrected chi connectivity index (χ0v) is 10.8. The van der Waals surface area contributed by atoms with Crippen molar-refractivity contribution in [2.45, 2.75) is 13.5 Å². The number of anilines is 1. The number of carbonyl (C=O) groups is 1. The molecule has 0 amide bonds. The lowest BCUT2D eigenvalue weighted by Crippen LogP contribution is -1.98. The molecule has 2 heterocycles. The number of benzene rings is 1.